The highest BCUT2D eigenvalue weighted by atomic mass is 35.5. The van der Waals surface area contributed by atoms with E-state index in [0.29, 0.717) is 24.7 Å². The first-order chi connectivity index (χ1) is 11.8. The predicted octanol–water partition coefficient (Wildman–Crippen LogP) is 4.75. The van der Waals surface area contributed by atoms with Gasteiger partial charge in [0.05, 0.1) is 22.0 Å². The molecule has 0 saturated carbocycles. The summed E-state index contributed by atoms with van der Waals surface area (Å²) in [5.41, 5.74) is 0.456. The molecule has 2 aromatic rings. The Bertz CT molecular complexity index is 815. The van der Waals surface area contributed by atoms with E-state index in [1.54, 1.807) is 6.07 Å². The molecule has 0 spiro atoms. The quantitative estimate of drug-likeness (QED) is 0.709. The number of amides is 1. The highest BCUT2D eigenvalue weighted by Crippen LogP contribution is 2.51. The van der Waals surface area contributed by atoms with Crippen molar-refractivity contribution in [1.82, 2.24) is 0 Å². The van der Waals surface area contributed by atoms with E-state index in [0.717, 1.165) is 12.1 Å². The van der Waals surface area contributed by atoms with E-state index >= 15 is 0 Å². The summed E-state index contributed by atoms with van der Waals surface area (Å²) in [6.45, 7) is 0.445. The minimum atomic E-state index is -2.91. The number of hydrogen-bond acceptors (Lipinski definition) is 4. The number of rotatable bonds is 3. The number of anilines is 2. The van der Waals surface area contributed by atoms with Crippen LogP contribution < -0.4 is 9.62 Å². The second-order valence-corrected chi connectivity index (χ2v) is 8.09. The van der Waals surface area contributed by atoms with E-state index < -0.39 is 28.3 Å². The Kier molecular flexibility index (Phi) is 4.88. The van der Waals surface area contributed by atoms with E-state index in [1.165, 1.54) is 16.4 Å². The van der Waals surface area contributed by atoms with Crippen LogP contribution in [0, 0.1) is 11.6 Å². The zero-order valence-electron chi connectivity index (χ0n) is 12.9. The first kappa shape index (κ1) is 17.9. The maximum absolute atomic E-state index is 13.2. The zero-order valence-corrected chi connectivity index (χ0v) is 14.4. The summed E-state index contributed by atoms with van der Waals surface area (Å²) >= 11 is 6.05. The molecule has 1 saturated heterocycles. The third-order valence-electron chi connectivity index (χ3n) is 3.74. The number of hydrogen-bond donors (Lipinski definition) is 3. The summed E-state index contributed by atoms with van der Waals surface area (Å²) in [4.78, 5) is 12.4. The van der Waals surface area contributed by atoms with Crippen LogP contribution in [0.4, 0.5) is 20.2 Å². The lowest BCUT2D eigenvalue weighted by Gasteiger charge is -2.38. The lowest BCUT2D eigenvalue weighted by molar-refractivity contribution is 0.102. The van der Waals surface area contributed by atoms with Crippen molar-refractivity contribution in [2.75, 3.05) is 21.9 Å². The van der Waals surface area contributed by atoms with E-state index in [1.807, 2.05) is 0 Å². The molecule has 2 aromatic carbocycles. The van der Waals surface area contributed by atoms with Gasteiger partial charge < -0.3 is 5.32 Å². The molecule has 5 nitrogen and oxygen atoms in total. The van der Waals surface area contributed by atoms with Gasteiger partial charge in [-0.15, -0.1) is 10.8 Å². The van der Waals surface area contributed by atoms with Crippen molar-refractivity contribution in [3.05, 3.63) is 58.6 Å². The molecule has 0 unspecified atom stereocenters. The van der Waals surface area contributed by atoms with Crippen molar-refractivity contribution in [3.8, 4) is 0 Å². The molecule has 3 rings (SSSR count). The van der Waals surface area contributed by atoms with Gasteiger partial charge in [0.15, 0.2) is 0 Å². The van der Waals surface area contributed by atoms with Gasteiger partial charge in [-0.1, -0.05) is 11.6 Å². The van der Waals surface area contributed by atoms with E-state index in [-0.39, 0.29) is 22.0 Å². The van der Waals surface area contributed by atoms with E-state index in [9.17, 15) is 22.7 Å². The maximum Gasteiger partial charge on any atom is 0.257 e. The summed E-state index contributed by atoms with van der Waals surface area (Å²) < 4.78 is 48.0. The molecule has 0 aliphatic carbocycles. The van der Waals surface area contributed by atoms with Gasteiger partial charge >= 0.3 is 0 Å². The SMILES string of the molecule is O=C(Nc1cc(F)cc(F)c1)c1cc(N2CCCS2(O)O)ccc1Cl. The molecular weight excluding hydrogens is 374 g/mol. The Morgan fingerprint density at radius 3 is 2.44 bits per heavy atom. The second-order valence-electron chi connectivity index (χ2n) is 5.57. The summed E-state index contributed by atoms with van der Waals surface area (Å²) in [5.74, 6) is -2.03. The number of nitrogens with zero attached hydrogens (tertiary/aromatic N) is 1. The minimum absolute atomic E-state index is 0.0468. The summed E-state index contributed by atoms with van der Waals surface area (Å²) in [7, 11) is -2.91. The van der Waals surface area contributed by atoms with E-state index in [2.05, 4.69) is 5.32 Å². The Balaban J connectivity index is 1.88. The third-order valence-corrected chi connectivity index (χ3v) is 6.00. The third kappa shape index (κ3) is 3.87. The van der Waals surface area contributed by atoms with Gasteiger partial charge in [-0.3, -0.25) is 18.2 Å². The van der Waals surface area contributed by atoms with Crippen LogP contribution >= 0.6 is 22.4 Å². The predicted molar refractivity (Wildman–Crippen MR) is 95.4 cm³/mol. The molecule has 1 heterocycles. The van der Waals surface area contributed by atoms with Crippen molar-refractivity contribution >= 4 is 39.7 Å². The number of halogens is 3. The van der Waals surface area contributed by atoms with Crippen LogP contribution in [-0.2, 0) is 0 Å². The average Bonchev–Trinajstić information content (AvgIpc) is 2.86. The Labute approximate surface area is 149 Å². The van der Waals surface area contributed by atoms with Crippen LogP contribution in [0.25, 0.3) is 0 Å². The number of carbonyl (C=O) groups is 1. The zero-order chi connectivity index (χ0) is 18.2. The fourth-order valence-corrected chi connectivity index (χ4v) is 4.44. The van der Waals surface area contributed by atoms with Crippen molar-refractivity contribution in [3.63, 3.8) is 0 Å². The Morgan fingerprint density at radius 2 is 1.84 bits per heavy atom. The van der Waals surface area contributed by atoms with Crippen LogP contribution in [0.5, 0.6) is 0 Å². The van der Waals surface area contributed by atoms with Crippen molar-refractivity contribution < 1.29 is 22.7 Å². The average molecular weight is 389 g/mol. The van der Waals surface area contributed by atoms with Crippen LogP contribution in [-0.4, -0.2) is 27.3 Å². The molecule has 0 atom stereocenters. The molecule has 3 N–H and O–H groups in total. The summed E-state index contributed by atoms with van der Waals surface area (Å²) in [5, 5.41) is 2.51. The summed E-state index contributed by atoms with van der Waals surface area (Å²) in [6, 6.07) is 7.13. The lowest BCUT2D eigenvalue weighted by Crippen LogP contribution is -2.22. The molecule has 0 radical (unpaired) electrons. The standard InChI is InChI=1S/C16H15ClF2N2O3S/c17-15-3-2-13(21-4-1-5-25(21,23)24)9-14(15)16(22)20-12-7-10(18)6-11(19)8-12/h2-3,6-9,23-24H,1,4-5H2,(H,20,22). The molecule has 1 aliphatic heterocycles. The lowest BCUT2D eigenvalue weighted by atomic mass is 10.1. The molecule has 134 valence electrons. The van der Waals surface area contributed by atoms with Gasteiger partial charge in [-0.05, 0) is 36.8 Å². The van der Waals surface area contributed by atoms with Crippen LogP contribution in [0.15, 0.2) is 36.4 Å². The molecule has 25 heavy (non-hydrogen) atoms. The van der Waals surface area contributed by atoms with Crippen molar-refractivity contribution in [2.45, 2.75) is 6.42 Å². The fourth-order valence-electron chi connectivity index (χ4n) is 2.62. The van der Waals surface area contributed by atoms with Gasteiger partial charge in [0.1, 0.15) is 11.6 Å². The molecule has 0 aromatic heterocycles. The summed E-state index contributed by atoms with van der Waals surface area (Å²) in [6.07, 6.45) is 0.620. The second kappa shape index (κ2) is 6.80. The topological polar surface area (TPSA) is 72.8 Å². The number of benzene rings is 2. The maximum atomic E-state index is 13.2. The Hall–Kier alpha value is -1.87. The van der Waals surface area contributed by atoms with Crippen molar-refractivity contribution in [2.24, 2.45) is 0 Å². The number of carbonyl (C=O) groups excluding carboxylic acids is 1. The van der Waals surface area contributed by atoms with Crippen LogP contribution in [0.2, 0.25) is 5.02 Å². The van der Waals surface area contributed by atoms with Gasteiger partial charge in [0, 0.05) is 18.3 Å². The van der Waals surface area contributed by atoms with Gasteiger partial charge in [-0.25, -0.2) is 8.78 Å². The molecule has 0 bridgehead atoms. The van der Waals surface area contributed by atoms with Gasteiger partial charge in [-0.2, -0.15) is 0 Å². The highest BCUT2D eigenvalue weighted by Gasteiger charge is 2.29. The first-order valence-electron chi connectivity index (χ1n) is 7.37. The van der Waals surface area contributed by atoms with E-state index in [4.69, 9.17) is 11.6 Å². The smallest absolute Gasteiger partial charge is 0.257 e. The van der Waals surface area contributed by atoms with Crippen molar-refractivity contribution in [1.29, 1.82) is 0 Å². The first-order valence-corrected chi connectivity index (χ1v) is 9.42. The fraction of sp³-hybridized carbons (Fsp3) is 0.188. The number of nitrogens with one attached hydrogen (secondary N) is 1. The molecule has 1 fully saturated rings. The van der Waals surface area contributed by atoms with Gasteiger partial charge in [0.25, 0.3) is 5.91 Å². The van der Waals surface area contributed by atoms with Gasteiger partial charge in [0.2, 0.25) is 0 Å². The monoisotopic (exact) mass is 388 g/mol. The molecule has 9 heteroatoms. The highest BCUT2D eigenvalue weighted by molar-refractivity contribution is 8.25. The van der Waals surface area contributed by atoms with Crippen LogP contribution in [0.3, 0.4) is 0 Å². The van der Waals surface area contributed by atoms with Crippen LogP contribution in [0.1, 0.15) is 16.8 Å². The molecule has 1 aliphatic rings. The molecule has 1 amide bonds. The minimum Gasteiger partial charge on any atom is -0.322 e. The normalized spacial score (nSPS) is 17.4. The molecular formula is C16H15ClF2N2O3S. The Morgan fingerprint density at radius 1 is 1.16 bits per heavy atom. The largest absolute Gasteiger partial charge is 0.322 e.